The van der Waals surface area contributed by atoms with Crippen LogP contribution in [-0.4, -0.2) is 37.3 Å². The van der Waals surface area contributed by atoms with Crippen molar-refractivity contribution in [2.45, 2.75) is 13.0 Å². The lowest BCUT2D eigenvalue weighted by molar-refractivity contribution is -0.139. The van der Waals surface area contributed by atoms with Crippen molar-refractivity contribution >= 4 is 11.7 Å². The van der Waals surface area contributed by atoms with Gasteiger partial charge in [-0.2, -0.15) is 0 Å². The Kier molecular flexibility index (Phi) is 4.90. The highest BCUT2D eigenvalue weighted by Gasteiger charge is 2.18. The summed E-state index contributed by atoms with van der Waals surface area (Å²) in [6.45, 7) is 2.77. The van der Waals surface area contributed by atoms with Crippen LogP contribution in [0.4, 0.5) is 10.1 Å². The minimum atomic E-state index is -0.888. The Labute approximate surface area is 100 Å². The van der Waals surface area contributed by atoms with Gasteiger partial charge in [0.2, 0.25) is 0 Å². The molecule has 0 heterocycles. The molecular formula is C12H17FN2O2. The Hall–Kier alpha value is -1.62. The number of carboxylic acid groups (broad SMARTS) is 1. The molecule has 17 heavy (non-hydrogen) atoms. The van der Waals surface area contributed by atoms with Crippen LogP contribution in [0.5, 0.6) is 0 Å². The number of halogens is 1. The van der Waals surface area contributed by atoms with Crippen LogP contribution in [0.15, 0.2) is 24.3 Å². The summed E-state index contributed by atoms with van der Waals surface area (Å²) in [7, 11) is 1.78. The zero-order valence-corrected chi connectivity index (χ0v) is 9.98. The van der Waals surface area contributed by atoms with E-state index < -0.39 is 12.0 Å². The molecule has 0 aliphatic heterocycles. The standard InChI is InChI=1S/C12H17FN2O2/c1-3-14-11(12(16)17)8-15(2)10-6-4-9(13)5-7-10/h4-7,11,14H,3,8H2,1-2H3,(H,16,17). The number of anilines is 1. The summed E-state index contributed by atoms with van der Waals surface area (Å²) in [4.78, 5) is 12.7. The summed E-state index contributed by atoms with van der Waals surface area (Å²) < 4.78 is 12.7. The number of nitrogens with zero attached hydrogens (tertiary/aromatic N) is 1. The number of benzene rings is 1. The van der Waals surface area contributed by atoms with Crippen molar-refractivity contribution in [1.82, 2.24) is 5.32 Å². The Morgan fingerprint density at radius 1 is 1.47 bits per heavy atom. The number of hydrogen-bond acceptors (Lipinski definition) is 3. The molecule has 0 saturated carbocycles. The topological polar surface area (TPSA) is 52.6 Å². The molecule has 94 valence electrons. The average molecular weight is 240 g/mol. The van der Waals surface area contributed by atoms with Gasteiger partial charge in [0.05, 0.1) is 0 Å². The maximum atomic E-state index is 12.7. The predicted molar refractivity (Wildman–Crippen MR) is 64.8 cm³/mol. The van der Waals surface area contributed by atoms with E-state index in [0.29, 0.717) is 13.1 Å². The van der Waals surface area contributed by atoms with Gasteiger partial charge in [0, 0.05) is 19.3 Å². The van der Waals surface area contributed by atoms with Gasteiger partial charge in [-0.1, -0.05) is 6.92 Å². The van der Waals surface area contributed by atoms with E-state index in [9.17, 15) is 9.18 Å². The lowest BCUT2D eigenvalue weighted by atomic mass is 10.2. The number of hydrogen-bond donors (Lipinski definition) is 2. The first kappa shape index (κ1) is 13.4. The summed E-state index contributed by atoms with van der Waals surface area (Å²) in [5, 5.41) is 11.9. The monoisotopic (exact) mass is 240 g/mol. The number of likely N-dealkylation sites (N-methyl/N-ethyl adjacent to an activating group) is 2. The van der Waals surface area contributed by atoms with Crippen LogP contribution >= 0.6 is 0 Å². The molecule has 0 spiro atoms. The molecule has 0 bridgehead atoms. The molecule has 0 radical (unpaired) electrons. The molecule has 1 aromatic rings. The molecule has 0 aliphatic rings. The normalized spacial score (nSPS) is 12.2. The first-order valence-corrected chi connectivity index (χ1v) is 5.47. The van der Waals surface area contributed by atoms with Crippen LogP contribution < -0.4 is 10.2 Å². The second-order valence-electron chi connectivity index (χ2n) is 3.81. The minimum Gasteiger partial charge on any atom is -0.480 e. The molecule has 1 rings (SSSR count). The van der Waals surface area contributed by atoms with Crippen LogP contribution in [-0.2, 0) is 4.79 Å². The highest BCUT2D eigenvalue weighted by atomic mass is 19.1. The predicted octanol–water partition coefficient (Wildman–Crippen LogP) is 1.32. The maximum Gasteiger partial charge on any atom is 0.322 e. The molecule has 0 saturated heterocycles. The molecule has 4 nitrogen and oxygen atoms in total. The zero-order chi connectivity index (χ0) is 12.8. The second-order valence-corrected chi connectivity index (χ2v) is 3.81. The molecule has 0 amide bonds. The highest BCUT2D eigenvalue weighted by Crippen LogP contribution is 2.13. The fraction of sp³-hybridized carbons (Fsp3) is 0.417. The molecule has 1 atom stereocenters. The van der Waals surface area contributed by atoms with E-state index in [1.807, 2.05) is 6.92 Å². The number of nitrogens with one attached hydrogen (secondary N) is 1. The minimum absolute atomic E-state index is 0.302. The van der Waals surface area contributed by atoms with Crippen LogP contribution in [0.3, 0.4) is 0 Å². The van der Waals surface area contributed by atoms with Gasteiger partial charge in [-0.15, -0.1) is 0 Å². The van der Waals surface area contributed by atoms with Crippen molar-refractivity contribution in [3.63, 3.8) is 0 Å². The van der Waals surface area contributed by atoms with Crippen LogP contribution in [0.25, 0.3) is 0 Å². The fourth-order valence-electron chi connectivity index (χ4n) is 1.55. The summed E-state index contributed by atoms with van der Waals surface area (Å²) >= 11 is 0. The van der Waals surface area contributed by atoms with Gasteiger partial charge < -0.3 is 15.3 Å². The van der Waals surface area contributed by atoms with Crippen molar-refractivity contribution in [3.05, 3.63) is 30.1 Å². The SMILES string of the molecule is CCNC(CN(C)c1ccc(F)cc1)C(=O)O. The quantitative estimate of drug-likeness (QED) is 0.787. The van der Waals surface area contributed by atoms with Gasteiger partial charge in [-0.05, 0) is 30.8 Å². The van der Waals surface area contributed by atoms with Gasteiger partial charge in [0.1, 0.15) is 11.9 Å². The maximum absolute atomic E-state index is 12.7. The van der Waals surface area contributed by atoms with Crippen molar-refractivity contribution < 1.29 is 14.3 Å². The summed E-state index contributed by atoms with van der Waals surface area (Å²) in [6.07, 6.45) is 0. The van der Waals surface area contributed by atoms with E-state index in [-0.39, 0.29) is 5.82 Å². The molecule has 0 aliphatic carbocycles. The molecule has 5 heteroatoms. The highest BCUT2D eigenvalue weighted by molar-refractivity contribution is 5.74. The van der Waals surface area contributed by atoms with Crippen LogP contribution in [0.1, 0.15) is 6.92 Å². The van der Waals surface area contributed by atoms with E-state index in [1.165, 1.54) is 12.1 Å². The molecule has 0 aromatic heterocycles. The first-order chi connectivity index (χ1) is 8.04. The lowest BCUT2D eigenvalue weighted by Gasteiger charge is -2.23. The Bertz CT molecular complexity index is 367. The second kappa shape index (κ2) is 6.20. The largest absolute Gasteiger partial charge is 0.480 e. The third kappa shape index (κ3) is 4.03. The number of carboxylic acids is 1. The van der Waals surface area contributed by atoms with Gasteiger partial charge in [0.15, 0.2) is 0 Å². The molecule has 1 aromatic carbocycles. The zero-order valence-electron chi connectivity index (χ0n) is 9.98. The Morgan fingerprint density at radius 2 is 2.06 bits per heavy atom. The van der Waals surface area contributed by atoms with Crippen molar-refractivity contribution in [2.75, 3.05) is 25.0 Å². The van der Waals surface area contributed by atoms with Crippen molar-refractivity contribution in [2.24, 2.45) is 0 Å². The van der Waals surface area contributed by atoms with Gasteiger partial charge in [-0.3, -0.25) is 4.79 Å². The first-order valence-electron chi connectivity index (χ1n) is 5.47. The van der Waals surface area contributed by atoms with Crippen molar-refractivity contribution in [1.29, 1.82) is 0 Å². The fourth-order valence-corrected chi connectivity index (χ4v) is 1.55. The molecular weight excluding hydrogens is 223 g/mol. The summed E-state index contributed by atoms with van der Waals surface area (Å²) in [5.41, 5.74) is 0.788. The van der Waals surface area contributed by atoms with E-state index in [1.54, 1.807) is 24.1 Å². The number of carbonyl (C=O) groups is 1. The lowest BCUT2D eigenvalue weighted by Crippen LogP contribution is -2.45. The van der Waals surface area contributed by atoms with Crippen LogP contribution in [0.2, 0.25) is 0 Å². The molecule has 1 unspecified atom stereocenters. The number of rotatable bonds is 6. The molecule has 0 fully saturated rings. The summed E-state index contributed by atoms with van der Waals surface area (Å²) in [6, 6.07) is 5.33. The van der Waals surface area contributed by atoms with E-state index in [2.05, 4.69) is 5.32 Å². The number of aliphatic carboxylic acids is 1. The van der Waals surface area contributed by atoms with Crippen molar-refractivity contribution in [3.8, 4) is 0 Å². The van der Waals surface area contributed by atoms with E-state index in [0.717, 1.165) is 5.69 Å². The third-order valence-corrected chi connectivity index (χ3v) is 2.47. The smallest absolute Gasteiger partial charge is 0.322 e. The van der Waals surface area contributed by atoms with Gasteiger partial charge in [0.25, 0.3) is 0 Å². The molecule has 2 N–H and O–H groups in total. The van der Waals surface area contributed by atoms with Crippen LogP contribution in [0, 0.1) is 5.82 Å². The Balaban J connectivity index is 2.66. The average Bonchev–Trinajstić information content (AvgIpc) is 2.29. The van der Waals surface area contributed by atoms with E-state index >= 15 is 0 Å². The van der Waals surface area contributed by atoms with Gasteiger partial charge in [-0.25, -0.2) is 4.39 Å². The Morgan fingerprint density at radius 3 is 2.53 bits per heavy atom. The third-order valence-electron chi connectivity index (χ3n) is 2.47. The van der Waals surface area contributed by atoms with Gasteiger partial charge >= 0.3 is 5.97 Å². The summed E-state index contributed by atoms with van der Waals surface area (Å²) in [5.74, 6) is -1.19. The van der Waals surface area contributed by atoms with E-state index in [4.69, 9.17) is 5.11 Å².